The molecule has 0 radical (unpaired) electrons. The van der Waals surface area contributed by atoms with Crippen LogP contribution in [0.25, 0.3) is 0 Å². The number of rotatable bonds is 0. The van der Waals surface area contributed by atoms with Crippen LogP contribution in [-0.2, 0) is 18.3 Å². The summed E-state index contributed by atoms with van der Waals surface area (Å²) in [5.41, 5.74) is 9.25. The van der Waals surface area contributed by atoms with E-state index in [9.17, 15) is 0 Å². The molecule has 0 bridgehead atoms. The van der Waals surface area contributed by atoms with E-state index in [1.165, 1.54) is 0 Å². The van der Waals surface area contributed by atoms with Gasteiger partial charge in [0.25, 0.3) is 0 Å². The van der Waals surface area contributed by atoms with E-state index in [0.717, 1.165) is 0 Å². The molecule has 0 aliphatic rings. The summed E-state index contributed by atoms with van der Waals surface area (Å²) in [4.78, 5) is 57.3. The van der Waals surface area contributed by atoms with Crippen molar-refractivity contribution in [3.05, 3.63) is 0 Å². The molecule has 0 amide bonds. The SMILES string of the molecule is NCN.O=[PH](O)O.O=[PH](O)O.O=[PH](O)O.O=[PH](O)O. The molecule has 0 heterocycles. The summed E-state index contributed by atoms with van der Waals surface area (Å²) in [6.07, 6.45) is 0. The minimum Gasteiger partial charge on any atom is -0.326 e. The molecular formula is CH18N2O12P4. The summed E-state index contributed by atoms with van der Waals surface area (Å²) in [7, 11) is -12.5. The van der Waals surface area contributed by atoms with Gasteiger partial charge < -0.3 is 50.6 Å². The van der Waals surface area contributed by atoms with Crippen LogP contribution in [0.3, 0.4) is 0 Å². The summed E-state index contributed by atoms with van der Waals surface area (Å²) < 4.78 is 35.0. The molecular weight excluding hydrogens is 356 g/mol. The molecule has 18 heteroatoms. The molecule has 0 rings (SSSR count). The lowest BCUT2D eigenvalue weighted by atomic mass is 11.3. The fraction of sp³-hybridized carbons (Fsp3) is 1.00. The summed E-state index contributed by atoms with van der Waals surface area (Å²) >= 11 is 0. The topological polar surface area (TPSA) is 282 Å². The number of nitrogens with two attached hydrogens (primary N) is 2. The average molecular weight is 374 g/mol. The molecule has 19 heavy (non-hydrogen) atoms. The van der Waals surface area contributed by atoms with Crippen LogP contribution in [-0.4, -0.2) is 45.8 Å². The van der Waals surface area contributed by atoms with Crippen molar-refractivity contribution < 1.29 is 57.4 Å². The Morgan fingerprint density at radius 2 is 0.526 bits per heavy atom. The molecule has 12 N–H and O–H groups in total. The van der Waals surface area contributed by atoms with Gasteiger partial charge in [0.2, 0.25) is 0 Å². The molecule has 0 aliphatic carbocycles. The third-order valence-corrected chi connectivity index (χ3v) is 0. The maximum atomic E-state index is 8.74. The molecule has 0 aliphatic heterocycles. The van der Waals surface area contributed by atoms with Crippen LogP contribution in [0.5, 0.6) is 0 Å². The van der Waals surface area contributed by atoms with Crippen molar-refractivity contribution in [2.24, 2.45) is 11.5 Å². The first-order chi connectivity index (χ1) is 8.34. The summed E-state index contributed by atoms with van der Waals surface area (Å²) in [6.45, 7) is 0.250. The largest absolute Gasteiger partial charge is 0.326 e. The second kappa shape index (κ2) is 31.1. The van der Waals surface area contributed by atoms with Gasteiger partial charge in [-0.25, -0.2) is 0 Å². The Labute approximate surface area is 109 Å². The Balaban J connectivity index is -0.0000000432. The highest BCUT2D eigenvalue weighted by atomic mass is 31.1. The monoisotopic (exact) mass is 374 g/mol. The average Bonchev–Trinajstić information content (AvgIpc) is 1.97. The first-order valence-electron chi connectivity index (χ1n) is 3.42. The molecule has 0 aromatic carbocycles. The van der Waals surface area contributed by atoms with Crippen LogP contribution < -0.4 is 11.5 Å². The lowest BCUT2D eigenvalue weighted by Gasteiger charge is -1.61. The van der Waals surface area contributed by atoms with Crippen molar-refractivity contribution in [1.29, 1.82) is 0 Å². The number of hydrogen-bond donors (Lipinski definition) is 10. The Morgan fingerprint density at radius 3 is 0.526 bits per heavy atom. The number of hydrogen-bond acceptors (Lipinski definition) is 6. The van der Waals surface area contributed by atoms with E-state index in [2.05, 4.69) is 11.5 Å². The van der Waals surface area contributed by atoms with E-state index >= 15 is 0 Å². The third kappa shape index (κ3) is 18700. The highest BCUT2D eigenvalue weighted by Crippen LogP contribution is 1.99. The molecule has 0 aromatic heterocycles. The first-order valence-corrected chi connectivity index (χ1v) is 8.63. The molecule has 0 unspecified atom stereocenters. The highest BCUT2D eigenvalue weighted by Gasteiger charge is 1.62. The standard InChI is InChI=1S/CH6N2.4H3O3P/c2-1-3;4*1-4(2)3/h1-3H2;4*4H,(H2,1,2,3). The predicted octanol–water partition coefficient (Wildman–Crippen LogP) is -3.70. The van der Waals surface area contributed by atoms with Gasteiger partial charge >= 0.3 is 33.0 Å². The molecule has 0 saturated heterocycles. The third-order valence-electron chi connectivity index (χ3n) is 0. The van der Waals surface area contributed by atoms with Crippen molar-refractivity contribution in [2.45, 2.75) is 0 Å². The van der Waals surface area contributed by atoms with Crippen LogP contribution in [0.1, 0.15) is 0 Å². The highest BCUT2D eigenvalue weighted by molar-refractivity contribution is 7.31. The zero-order chi connectivity index (χ0) is 17.0. The van der Waals surface area contributed by atoms with Crippen LogP contribution in [0.15, 0.2) is 0 Å². The van der Waals surface area contributed by atoms with Gasteiger partial charge in [-0.15, -0.1) is 0 Å². The van der Waals surface area contributed by atoms with Crippen LogP contribution in [0.2, 0.25) is 0 Å². The molecule has 0 atom stereocenters. The van der Waals surface area contributed by atoms with Crippen molar-refractivity contribution in [2.75, 3.05) is 6.67 Å². The van der Waals surface area contributed by atoms with Gasteiger partial charge in [0.05, 0.1) is 0 Å². The Hall–Kier alpha value is 0.520. The van der Waals surface area contributed by atoms with Gasteiger partial charge in [0.15, 0.2) is 0 Å². The molecule has 0 fully saturated rings. The maximum absolute atomic E-state index is 8.74. The molecule has 0 spiro atoms. The quantitative estimate of drug-likeness (QED) is 0.144. The second-order valence-corrected chi connectivity index (χ2v) is 3.63. The van der Waals surface area contributed by atoms with E-state index in [-0.39, 0.29) is 6.67 Å². The predicted molar refractivity (Wildman–Crippen MR) is 67.0 cm³/mol. The smallest absolute Gasteiger partial charge is 0.314 e. The van der Waals surface area contributed by atoms with E-state index in [4.69, 9.17) is 57.4 Å². The van der Waals surface area contributed by atoms with Crippen molar-refractivity contribution >= 4 is 33.0 Å². The van der Waals surface area contributed by atoms with Gasteiger partial charge in [0, 0.05) is 6.67 Å². The Bertz CT molecular complexity index is 180. The lowest BCUT2D eigenvalue weighted by molar-refractivity contribution is 0.403. The molecule has 124 valence electrons. The maximum Gasteiger partial charge on any atom is 0.314 e. The second-order valence-electron chi connectivity index (χ2n) is 1.37. The van der Waals surface area contributed by atoms with E-state index in [1.54, 1.807) is 0 Å². The summed E-state index contributed by atoms with van der Waals surface area (Å²) in [5, 5.41) is 0. The van der Waals surface area contributed by atoms with Crippen molar-refractivity contribution in [3.8, 4) is 0 Å². The first kappa shape index (κ1) is 31.8. The molecule has 0 saturated carbocycles. The van der Waals surface area contributed by atoms with E-state index in [1.807, 2.05) is 0 Å². The van der Waals surface area contributed by atoms with Crippen molar-refractivity contribution in [1.82, 2.24) is 0 Å². The Morgan fingerprint density at radius 1 is 0.526 bits per heavy atom. The van der Waals surface area contributed by atoms with Crippen LogP contribution in [0, 0.1) is 0 Å². The summed E-state index contributed by atoms with van der Waals surface area (Å²) in [5.74, 6) is 0. The van der Waals surface area contributed by atoms with E-state index in [0.29, 0.717) is 0 Å². The van der Waals surface area contributed by atoms with Gasteiger partial charge in [-0.3, -0.25) is 18.3 Å². The molecule has 0 aromatic rings. The lowest BCUT2D eigenvalue weighted by Crippen LogP contribution is -2.08. The van der Waals surface area contributed by atoms with E-state index < -0.39 is 33.0 Å². The van der Waals surface area contributed by atoms with Crippen molar-refractivity contribution in [3.63, 3.8) is 0 Å². The van der Waals surface area contributed by atoms with Gasteiger partial charge in [-0.1, -0.05) is 0 Å². The van der Waals surface area contributed by atoms with Crippen LogP contribution in [0.4, 0.5) is 0 Å². The summed E-state index contributed by atoms with van der Waals surface area (Å²) in [6, 6.07) is 0. The Kier molecular flexibility index (Phi) is 52.0. The minimum atomic E-state index is -3.13. The molecule has 14 nitrogen and oxygen atoms in total. The fourth-order valence-corrected chi connectivity index (χ4v) is 0. The van der Waals surface area contributed by atoms with Gasteiger partial charge in [-0.05, 0) is 0 Å². The van der Waals surface area contributed by atoms with Crippen LogP contribution >= 0.6 is 33.0 Å². The zero-order valence-corrected chi connectivity index (χ0v) is 13.1. The minimum absolute atomic E-state index is 0.250. The van der Waals surface area contributed by atoms with Gasteiger partial charge in [0.1, 0.15) is 0 Å². The normalized spacial score (nSPS) is 8.32. The fourth-order valence-electron chi connectivity index (χ4n) is 0. The zero-order valence-electron chi connectivity index (χ0n) is 9.07. The van der Waals surface area contributed by atoms with Gasteiger partial charge in [-0.2, -0.15) is 0 Å².